The molecule has 1 aromatic heterocycles. The summed E-state index contributed by atoms with van der Waals surface area (Å²) in [5.41, 5.74) is 4.26. The second-order valence-corrected chi connectivity index (χ2v) is 12.6. The summed E-state index contributed by atoms with van der Waals surface area (Å²) >= 11 is 4.87. The van der Waals surface area contributed by atoms with Crippen molar-refractivity contribution >= 4 is 45.0 Å². The standard InChI is InChI=1S/C38H30BrN3O5S/c1-3-45-29-17-15-28(16-18-29)35-33(37(44)46-4-2)34(27-8-6-5-7-9-27)41-38-42(35)36(43)32(48-38)21-26-14-19-31(30(39)20-26)47-23-25-12-10-24(22-40)11-13-25/h5-21,35H,3-4,23H2,1-2H3/b32-21-/t35-/m1/s1. The van der Waals surface area contributed by atoms with E-state index in [9.17, 15) is 9.59 Å². The number of hydrogen-bond acceptors (Lipinski definition) is 8. The topological polar surface area (TPSA) is 103 Å². The number of halogens is 1. The van der Waals surface area contributed by atoms with Crippen molar-refractivity contribution in [3.05, 3.63) is 155 Å². The van der Waals surface area contributed by atoms with Gasteiger partial charge in [-0.2, -0.15) is 5.26 Å². The highest BCUT2D eigenvalue weighted by Crippen LogP contribution is 2.36. The van der Waals surface area contributed by atoms with E-state index in [0.29, 0.717) is 45.3 Å². The number of thiazole rings is 1. The fraction of sp³-hybridized carbons (Fsp3) is 0.158. The third-order valence-corrected chi connectivity index (χ3v) is 9.21. The van der Waals surface area contributed by atoms with Crippen LogP contribution in [0, 0.1) is 11.3 Å². The molecule has 10 heteroatoms. The van der Waals surface area contributed by atoms with Gasteiger partial charge in [0.25, 0.3) is 5.56 Å². The molecule has 0 bridgehead atoms. The zero-order chi connectivity index (χ0) is 33.6. The van der Waals surface area contributed by atoms with Gasteiger partial charge in [0.2, 0.25) is 0 Å². The maximum absolute atomic E-state index is 14.2. The molecule has 5 aromatic rings. The second-order valence-electron chi connectivity index (χ2n) is 10.7. The molecule has 4 aromatic carbocycles. The minimum absolute atomic E-state index is 0.173. The molecule has 1 atom stereocenters. The molecule has 0 fully saturated rings. The van der Waals surface area contributed by atoms with E-state index >= 15 is 0 Å². The van der Waals surface area contributed by atoms with Gasteiger partial charge in [0, 0.05) is 5.56 Å². The van der Waals surface area contributed by atoms with Crippen LogP contribution in [0.15, 0.2) is 117 Å². The number of nitrogens with zero attached hydrogens (tertiary/aromatic N) is 3. The van der Waals surface area contributed by atoms with Crippen LogP contribution in [0.3, 0.4) is 0 Å². The number of benzene rings is 4. The number of ether oxygens (including phenoxy) is 3. The average Bonchev–Trinajstić information content (AvgIpc) is 3.42. The first kappa shape index (κ1) is 32.7. The van der Waals surface area contributed by atoms with Crippen LogP contribution in [-0.2, 0) is 16.1 Å². The maximum atomic E-state index is 14.2. The summed E-state index contributed by atoms with van der Waals surface area (Å²) in [5, 5.41) is 9.03. The average molecular weight is 721 g/mol. The number of esters is 1. The quantitative estimate of drug-likeness (QED) is 0.152. The Labute approximate surface area is 289 Å². The molecule has 0 aliphatic carbocycles. The number of carbonyl (C=O) groups is 1. The van der Waals surface area contributed by atoms with Crippen LogP contribution in [-0.4, -0.2) is 23.8 Å². The molecule has 6 rings (SSSR count). The summed E-state index contributed by atoms with van der Waals surface area (Å²) in [7, 11) is 0. The van der Waals surface area contributed by atoms with Crippen molar-refractivity contribution in [3.63, 3.8) is 0 Å². The van der Waals surface area contributed by atoms with Gasteiger partial charge in [-0.25, -0.2) is 9.79 Å². The molecule has 48 heavy (non-hydrogen) atoms. The molecular weight excluding hydrogens is 690 g/mol. The van der Waals surface area contributed by atoms with Gasteiger partial charge in [0.05, 0.1) is 51.2 Å². The smallest absolute Gasteiger partial charge is 0.338 e. The Morgan fingerprint density at radius 1 is 0.979 bits per heavy atom. The Morgan fingerprint density at radius 2 is 1.73 bits per heavy atom. The van der Waals surface area contributed by atoms with Crippen molar-refractivity contribution in [3.8, 4) is 17.6 Å². The number of hydrogen-bond donors (Lipinski definition) is 0. The van der Waals surface area contributed by atoms with Crippen molar-refractivity contribution in [2.45, 2.75) is 26.5 Å². The van der Waals surface area contributed by atoms with Gasteiger partial charge in [0.1, 0.15) is 18.1 Å². The Balaban J connectivity index is 1.43. The Bertz CT molecular complexity index is 2220. The minimum Gasteiger partial charge on any atom is -0.494 e. The van der Waals surface area contributed by atoms with Crippen molar-refractivity contribution in [1.29, 1.82) is 5.26 Å². The highest BCUT2D eigenvalue weighted by molar-refractivity contribution is 9.10. The van der Waals surface area contributed by atoms with Crippen molar-refractivity contribution in [2.75, 3.05) is 13.2 Å². The fourth-order valence-corrected chi connectivity index (χ4v) is 6.89. The Kier molecular flexibility index (Phi) is 9.99. The number of carbonyl (C=O) groups excluding carboxylic acids is 1. The predicted molar refractivity (Wildman–Crippen MR) is 188 cm³/mol. The van der Waals surface area contributed by atoms with Gasteiger partial charge in [-0.15, -0.1) is 0 Å². The third kappa shape index (κ3) is 6.88. The van der Waals surface area contributed by atoms with Crippen LogP contribution in [0.25, 0.3) is 11.8 Å². The number of fused-ring (bicyclic) bond motifs is 1. The van der Waals surface area contributed by atoms with E-state index in [-0.39, 0.29) is 17.7 Å². The molecule has 2 heterocycles. The van der Waals surface area contributed by atoms with Crippen LogP contribution in [0.4, 0.5) is 0 Å². The van der Waals surface area contributed by atoms with Gasteiger partial charge < -0.3 is 14.2 Å². The van der Waals surface area contributed by atoms with E-state index < -0.39 is 12.0 Å². The van der Waals surface area contributed by atoms with Gasteiger partial charge >= 0.3 is 5.97 Å². The summed E-state index contributed by atoms with van der Waals surface area (Å²) in [6, 6.07) is 31.0. The lowest BCUT2D eigenvalue weighted by Crippen LogP contribution is -2.40. The molecule has 0 radical (unpaired) electrons. The highest BCUT2D eigenvalue weighted by atomic mass is 79.9. The molecule has 1 aliphatic heterocycles. The first-order chi connectivity index (χ1) is 23.4. The van der Waals surface area contributed by atoms with Crippen molar-refractivity contribution in [2.24, 2.45) is 4.99 Å². The largest absolute Gasteiger partial charge is 0.494 e. The van der Waals surface area contributed by atoms with E-state index in [1.165, 1.54) is 11.3 Å². The predicted octanol–water partition coefficient (Wildman–Crippen LogP) is 6.55. The summed E-state index contributed by atoms with van der Waals surface area (Å²) < 4.78 is 20.0. The molecule has 0 spiro atoms. The number of rotatable bonds is 10. The zero-order valence-corrected chi connectivity index (χ0v) is 28.6. The lowest BCUT2D eigenvalue weighted by molar-refractivity contribution is -0.138. The normalized spacial score (nSPS) is 14.1. The van der Waals surface area contributed by atoms with Gasteiger partial charge in [-0.3, -0.25) is 9.36 Å². The lowest BCUT2D eigenvalue weighted by Gasteiger charge is -2.26. The molecule has 0 unspecified atom stereocenters. The van der Waals surface area contributed by atoms with Crippen molar-refractivity contribution in [1.82, 2.24) is 4.57 Å². The number of aromatic nitrogens is 1. The van der Waals surface area contributed by atoms with E-state index in [4.69, 9.17) is 24.5 Å². The summed E-state index contributed by atoms with van der Waals surface area (Å²) in [4.78, 5) is 33.3. The fourth-order valence-electron chi connectivity index (χ4n) is 5.38. The molecule has 0 N–H and O–H groups in total. The summed E-state index contributed by atoms with van der Waals surface area (Å²) in [6.07, 6.45) is 1.81. The van der Waals surface area contributed by atoms with E-state index in [0.717, 1.165) is 26.7 Å². The van der Waals surface area contributed by atoms with E-state index in [1.807, 2.05) is 97.9 Å². The van der Waals surface area contributed by atoms with Crippen LogP contribution in [0.1, 0.15) is 47.7 Å². The molecule has 0 amide bonds. The SMILES string of the molecule is CCOC(=O)C1=C(c2ccccc2)N=c2s/c(=C\c3ccc(OCc4ccc(C#N)cc4)c(Br)c3)c(=O)n2[C@@H]1c1ccc(OCC)cc1. The molecule has 1 aliphatic rings. The molecule has 8 nitrogen and oxygen atoms in total. The van der Waals surface area contributed by atoms with E-state index in [2.05, 4.69) is 22.0 Å². The minimum atomic E-state index is -0.780. The van der Waals surface area contributed by atoms with E-state index in [1.54, 1.807) is 23.6 Å². The lowest BCUT2D eigenvalue weighted by atomic mass is 9.93. The highest BCUT2D eigenvalue weighted by Gasteiger charge is 2.35. The molecular formula is C38H30BrN3O5S. The first-order valence-electron chi connectivity index (χ1n) is 15.3. The van der Waals surface area contributed by atoms with Crippen LogP contribution in [0.5, 0.6) is 11.5 Å². The van der Waals surface area contributed by atoms with Gasteiger partial charge in [0.15, 0.2) is 4.80 Å². The number of nitriles is 1. The monoisotopic (exact) mass is 719 g/mol. The maximum Gasteiger partial charge on any atom is 0.338 e. The summed E-state index contributed by atoms with van der Waals surface area (Å²) in [5.74, 6) is 0.794. The van der Waals surface area contributed by atoms with Crippen LogP contribution in [0.2, 0.25) is 0 Å². The zero-order valence-electron chi connectivity index (χ0n) is 26.2. The van der Waals surface area contributed by atoms with Gasteiger partial charge in [-0.1, -0.05) is 72.0 Å². The Morgan fingerprint density at radius 3 is 2.40 bits per heavy atom. The Hall–Kier alpha value is -5.24. The second kappa shape index (κ2) is 14.7. The molecule has 240 valence electrons. The molecule has 0 saturated carbocycles. The summed E-state index contributed by atoms with van der Waals surface area (Å²) in [6.45, 7) is 4.69. The molecule has 0 saturated heterocycles. The third-order valence-electron chi connectivity index (χ3n) is 7.61. The van der Waals surface area contributed by atoms with Crippen LogP contribution >= 0.6 is 27.3 Å². The first-order valence-corrected chi connectivity index (χ1v) is 16.9. The van der Waals surface area contributed by atoms with Crippen LogP contribution < -0.4 is 24.4 Å². The van der Waals surface area contributed by atoms with Gasteiger partial charge in [-0.05, 0) is 88.9 Å². The van der Waals surface area contributed by atoms with Crippen molar-refractivity contribution < 1.29 is 19.0 Å².